The molecule has 1 aromatic heterocycles. The number of para-hydroxylation sites is 2. The molecule has 0 N–H and O–H groups in total. The molecule has 0 saturated carbocycles. The Hall–Kier alpha value is -8.72. The van der Waals surface area contributed by atoms with Gasteiger partial charge in [-0.2, -0.15) is 0 Å². The summed E-state index contributed by atoms with van der Waals surface area (Å²) >= 11 is 0. The van der Waals surface area contributed by atoms with Gasteiger partial charge in [0.05, 0.1) is 5.69 Å². The Morgan fingerprint density at radius 2 is 0.833 bits per heavy atom. The topological polar surface area (TPSA) is 16.4 Å². The van der Waals surface area contributed by atoms with Gasteiger partial charge in [-0.3, -0.25) is 0 Å². The van der Waals surface area contributed by atoms with E-state index in [0.29, 0.717) is 0 Å². The molecule has 12 aromatic carbocycles. The molecule has 0 unspecified atom stereocenters. The monoisotopic (exact) mass is 839 g/mol. The molecule has 0 spiro atoms. The van der Waals surface area contributed by atoms with E-state index >= 15 is 0 Å². The van der Waals surface area contributed by atoms with Crippen molar-refractivity contribution >= 4 is 82.1 Å². The maximum Gasteiger partial charge on any atom is 0.143 e. The third-order valence-corrected chi connectivity index (χ3v) is 13.4. The van der Waals surface area contributed by atoms with Crippen LogP contribution in [0.1, 0.15) is 0 Å². The number of fused-ring (bicyclic) bond motifs is 8. The Morgan fingerprint density at radius 1 is 0.273 bits per heavy atom. The second-order valence-corrected chi connectivity index (χ2v) is 17.2. The van der Waals surface area contributed by atoms with E-state index < -0.39 is 0 Å². The van der Waals surface area contributed by atoms with Gasteiger partial charge < -0.3 is 9.32 Å². The minimum Gasteiger partial charge on any atom is -0.455 e. The largest absolute Gasteiger partial charge is 0.455 e. The Morgan fingerprint density at radius 3 is 1.64 bits per heavy atom. The summed E-state index contributed by atoms with van der Waals surface area (Å²) in [5.41, 5.74) is 14.5. The van der Waals surface area contributed by atoms with Gasteiger partial charge in [0.1, 0.15) is 11.2 Å². The first kappa shape index (κ1) is 37.8. The summed E-state index contributed by atoms with van der Waals surface area (Å²) in [7, 11) is 0. The van der Waals surface area contributed by atoms with Gasteiger partial charge in [-0.15, -0.1) is 0 Å². The van der Waals surface area contributed by atoms with Crippen LogP contribution < -0.4 is 4.90 Å². The second kappa shape index (κ2) is 15.5. The van der Waals surface area contributed by atoms with E-state index in [0.717, 1.165) is 61.3 Å². The molecule has 13 rings (SSSR count). The fourth-order valence-corrected chi connectivity index (χ4v) is 10.2. The third-order valence-electron chi connectivity index (χ3n) is 13.4. The van der Waals surface area contributed by atoms with Gasteiger partial charge >= 0.3 is 0 Å². The van der Waals surface area contributed by atoms with Crippen LogP contribution in [0.3, 0.4) is 0 Å². The lowest BCUT2D eigenvalue weighted by Crippen LogP contribution is -2.10. The standard InChI is InChI=1S/C64H41NO/c1-2-15-46-40-50(28-27-42(46)13-1)55-38-33-44-14-3-6-20-54(44)63(55)45-31-36-52(37-32-45)65(61-41-49-16-4-5-19-53(49)57-21-7-8-22-58(57)61)51-34-29-43(30-35-51)47-17-11-18-48(39-47)56-24-12-25-60-59-23-9-10-26-62(59)66-64(56)60/h1-41H. The first-order valence-electron chi connectivity index (χ1n) is 22.7. The molecule has 1 heterocycles. The first-order chi connectivity index (χ1) is 32.7. The number of benzene rings is 12. The summed E-state index contributed by atoms with van der Waals surface area (Å²) in [4.78, 5) is 2.42. The van der Waals surface area contributed by atoms with Crippen molar-refractivity contribution in [2.24, 2.45) is 0 Å². The third kappa shape index (κ3) is 6.34. The Balaban J connectivity index is 0.939. The fourth-order valence-electron chi connectivity index (χ4n) is 10.2. The molecular weight excluding hydrogens is 799 g/mol. The highest BCUT2D eigenvalue weighted by atomic mass is 16.3. The summed E-state index contributed by atoms with van der Waals surface area (Å²) in [5.74, 6) is 0. The highest BCUT2D eigenvalue weighted by molar-refractivity contribution is 6.15. The van der Waals surface area contributed by atoms with Crippen LogP contribution in [0, 0.1) is 0 Å². The highest BCUT2D eigenvalue weighted by Crippen LogP contribution is 2.45. The fraction of sp³-hybridized carbons (Fsp3) is 0. The molecule has 0 aliphatic carbocycles. The highest BCUT2D eigenvalue weighted by Gasteiger charge is 2.20. The molecule has 308 valence electrons. The lowest BCUT2D eigenvalue weighted by molar-refractivity contribution is 0.670. The number of anilines is 3. The Kier molecular flexibility index (Phi) is 8.89. The molecule has 0 saturated heterocycles. The average molecular weight is 840 g/mol. The van der Waals surface area contributed by atoms with Gasteiger partial charge in [-0.05, 0) is 125 Å². The maximum absolute atomic E-state index is 6.45. The predicted molar refractivity (Wildman–Crippen MR) is 280 cm³/mol. The second-order valence-electron chi connectivity index (χ2n) is 17.2. The van der Waals surface area contributed by atoms with Crippen LogP contribution in [0.4, 0.5) is 17.1 Å². The predicted octanol–water partition coefficient (Wildman–Crippen LogP) is 18.3. The van der Waals surface area contributed by atoms with Crippen LogP contribution in [0.15, 0.2) is 253 Å². The van der Waals surface area contributed by atoms with E-state index in [1.54, 1.807) is 0 Å². The summed E-state index contributed by atoms with van der Waals surface area (Å²) in [6.45, 7) is 0. The Labute approximate surface area is 382 Å². The molecule has 0 bridgehead atoms. The molecule has 66 heavy (non-hydrogen) atoms. The van der Waals surface area contributed by atoms with Crippen LogP contribution in [0.2, 0.25) is 0 Å². The zero-order valence-corrected chi connectivity index (χ0v) is 36.0. The van der Waals surface area contributed by atoms with Crippen molar-refractivity contribution in [3.05, 3.63) is 249 Å². The molecule has 0 aliphatic heterocycles. The van der Waals surface area contributed by atoms with Gasteiger partial charge in [0.15, 0.2) is 0 Å². The first-order valence-corrected chi connectivity index (χ1v) is 22.7. The van der Waals surface area contributed by atoms with Gasteiger partial charge in [-0.1, -0.05) is 200 Å². The van der Waals surface area contributed by atoms with Gasteiger partial charge in [0.25, 0.3) is 0 Å². The average Bonchev–Trinajstić information content (AvgIpc) is 3.78. The number of nitrogens with zero attached hydrogens (tertiary/aromatic N) is 1. The molecule has 0 aliphatic rings. The van der Waals surface area contributed by atoms with Gasteiger partial charge in [0, 0.05) is 33.1 Å². The molecule has 2 heteroatoms. The van der Waals surface area contributed by atoms with Crippen molar-refractivity contribution in [2.45, 2.75) is 0 Å². The van der Waals surface area contributed by atoms with Crippen LogP contribution in [0.25, 0.3) is 110 Å². The van der Waals surface area contributed by atoms with Crippen molar-refractivity contribution in [2.75, 3.05) is 4.90 Å². The van der Waals surface area contributed by atoms with Crippen molar-refractivity contribution in [3.63, 3.8) is 0 Å². The SMILES string of the molecule is c1cc(-c2ccc(N(c3ccc(-c4c(-c5ccc6ccccc6c5)ccc5ccccc45)cc3)c3cc4ccccc4c4ccccc34)cc2)cc(-c2cccc3c2oc2ccccc23)c1. The number of hydrogen-bond donors (Lipinski definition) is 0. The smallest absolute Gasteiger partial charge is 0.143 e. The van der Waals surface area contributed by atoms with E-state index in [9.17, 15) is 0 Å². The van der Waals surface area contributed by atoms with Crippen LogP contribution >= 0.6 is 0 Å². The quantitative estimate of drug-likeness (QED) is 0.149. The van der Waals surface area contributed by atoms with Crippen LogP contribution in [0.5, 0.6) is 0 Å². The number of furan rings is 1. The van der Waals surface area contributed by atoms with Crippen LogP contribution in [-0.2, 0) is 0 Å². The van der Waals surface area contributed by atoms with Crippen molar-refractivity contribution in [1.82, 2.24) is 0 Å². The summed E-state index contributed by atoms with van der Waals surface area (Å²) in [6.07, 6.45) is 0. The molecule has 0 atom stereocenters. The van der Waals surface area contributed by atoms with Crippen molar-refractivity contribution in [1.29, 1.82) is 0 Å². The minimum atomic E-state index is 0.907. The molecule has 0 radical (unpaired) electrons. The van der Waals surface area contributed by atoms with Crippen molar-refractivity contribution < 1.29 is 4.42 Å². The van der Waals surface area contributed by atoms with E-state index in [4.69, 9.17) is 4.42 Å². The maximum atomic E-state index is 6.45. The summed E-state index contributed by atoms with van der Waals surface area (Å²) < 4.78 is 6.45. The summed E-state index contributed by atoms with van der Waals surface area (Å²) in [6, 6.07) is 90.4. The number of rotatable bonds is 7. The van der Waals surface area contributed by atoms with Gasteiger partial charge in [0.2, 0.25) is 0 Å². The van der Waals surface area contributed by atoms with Crippen molar-refractivity contribution in [3.8, 4) is 44.5 Å². The molecule has 13 aromatic rings. The zero-order valence-electron chi connectivity index (χ0n) is 36.0. The molecule has 2 nitrogen and oxygen atoms in total. The normalized spacial score (nSPS) is 11.6. The Bertz CT molecular complexity index is 3990. The van der Waals surface area contributed by atoms with E-state index in [1.807, 2.05) is 12.1 Å². The van der Waals surface area contributed by atoms with E-state index in [1.165, 1.54) is 65.3 Å². The van der Waals surface area contributed by atoms with E-state index in [-0.39, 0.29) is 0 Å². The number of hydrogen-bond acceptors (Lipinski definition) is 2. The van der Waals surface area contributed by atoms with Gasteiger partial charge in [-0.25, -0.2) is 0 Å². The summed E-state index contributed by atoms with van der Waals surface area (Å²) in [5, 5.41) is 12.1. The van der Waals surface area contributed by atoms with Crippen LogP contribution in [-0.4, -0.2) is 0 Å². The molecular formula is C64H41NO. The molecule has 0 amide bonds. The molecule has 0 fully saturated rings. The zero-order chi connectivity index (χ0) is 43.6. The van der Waals surface area contributed by atoms with E-state index in [2.05, 4.69) is 241 Å². The lowest BCUT2D eigenvalue weighted by atomic mass is 9.89. The lowest BCUT2D eigenvalue weighted by Gasteiger charge is -2.28. The minimum absolute atomic E-state index is 0.907.